The summed E-state index contributed by atoms with van der Waals surface area (Å²) < 4.78 is 0. The van der Waals surface area contributed by atoms with E-state index in [0.717, 1.165) is 30.8 Å². The first-order chi connectivity index (χ1) is 8.41. The molecule has 2 rings (SSSR count). The third-order valence-corrected chi connectivity index (χ3v) is 3.88. The number of carbonyl (C=O) groups is 1. The fourth-order valence-corrected chi connectivity index (χ4v) is 2.54. The van der Waals surface area contributed by atoms with Crippen molar-refractivity contribution in [2.24, 2.45) is 5.92 Å². The lowest BCUT2D eigenvalue weighted by Crippen LogP contribution is -2.42. The summed E-state index contributed by atoms with van der Waals surface area (Å²) >= 11 is 0. The Morgan fingerprint density at radius 1 is 1.33 bits per heavy atom. The minimum absolute atomic E-state index is 0.219. The van der Waals surface area contributed by atoms with Crippen LogP contribution in [0.2, 0.25) is 0 Å². The van der Waals surface area contributed by atoms with Crippen molar-refractivity contribution in [3.05, 3.63) is 29.8 Å². The van der Waals surface area contributed by atoms with E-state index in [1.165, 1.54) is 0 Å². The molecule has 1 saturated heterocycles. The number of amides is 1. The fourth-order valence-electron chi connectivity index (χ4n) is 2.54. The van der Waals surface area contributed by atoms with Gasteiger partial charge in [0.1, 0.15) is 0 Å². The molecular weight excluding hydrogens is 224 g/mol. The number of hydrogen-bond acceptors (Lipinski definition) is 2. The minimum Gasteiger partial charge on any atom is -0.399 e. The maximum absolute atomic E-state index is 12.6. The highest BCUT2D eigenvalue weighted by Gasteiger charge is 2.36. The van der Waals surface area contributed by atoms with Crippen molar-refractivity contribution < 1.29 is 4.79 Å². The predicted molar refractivity (Wildman–Crippen MR) is 74.2 cm³/mol. The van der Waals surface area contributed by atoms with Crippen LogP contribution >= 0.6 is 0 Å². The summed E-state index contributed by atoms with van der Waals surface area (Å²) in [6.07, 6.45) is 1.11. The highest BCUT2D eigenvalue weighted by molar-refractivity contribution is 5.87. The Morgan fingerprint density at radius 3 is 2.44 bits per heavy atom. The van der Waals surface area contributed by atoms with Gasteiger partial charge in [-0.05, 0) is 43.9 Å². The number of likely N-dealkylation sites (tertiary alicyclic amines) is 1. The zero-order chi connectivity index (χ0) is 13.3. The molecule has 1 fully saturated rings. The Bertz CT molecular complexity index is 436. The number of nitrogens with zero attached hydrogens (tertiary/aromatic N) is 1. The molecule has 1 aliphatic rings. The van der Waals surface area contributed by atoms with Crippen LogP contribution in [0.4, 0.5) is 5.69 Å². The molecule has 1 unspecified atom stereocenters. The predicted octanol–water partition coefficient (Wildman–Crippen LogP) is 2.41. The Labute approximate surface area is 109 Å². The smallest absolute Gasteiger partial charge is 0.232 e. The molecule has 1 aromatic carbocycles. The van der Waals surface area contributed by atoms with Crippen molar-refractivity contribution in [2.75, 3.05) is 18.8 Å². The number of rotatable bonds is 2. The van der Waals surface area contributed by atoms with Crippen LogP contribution in [0.15, 0.2) is 24.3 Å². The monoisotopic (exact) mass is 246 g/mol. The summed E-state index contributed by atoms with van der Waals surface area (Å²) in [5.41, 5.74) is 6.98. The Hall–Kier alpha value is -1.51. The standard InChI is InChI=1S/C15H22N2O/c1-11-8-9-17(10-11)14(18)15(2,3)12-4-6-13(16)7-5-12/h4-7,11H,8-10,16H2,1-3H3. The van der Waals surface area contributed by atoms with Crippen LogP contribution in [-0.4, -0.2) is 23.9 Å². The normalized spacial score (nSPS) is 20.2. The van der Waals surface area contributed by atoms with E-state index in [1.54, 1.807) is 0 Å². The molecule has 0 spiro atoms. The third kappa shape index (κ3) is 2.35. The van der Waals surface area contributed by atoms with E-state index in [0.29, 0.717) is 5.92 Å². The molecule has 98 valence electrons. The molecule has 0 bridgehead atoms. The Balaban J connectivity index is 2.19. The number of benzene rings is 1. The average Bonchev–Trinajstić information content (AvgIpc) is 2.75. The van der Waals surface area contributed by atoms with Crippen molar-refractivity contribution >= 4 is 11.6 Å². The quantitative estimate of drug-likeness (QED) is 0.815. The first-order valence-electron chi connectivity index (χ1n) is 6.56. The highest BCUT2D eigenvalue weighted by atomic mass is 16.2. The van der Waals surface area contributed by atoms with Gasteiger partial charge in [-0.15, -0.1) is 0 Å². The van der Waals surface area contributed by atoms with Crippen LogP contribution in [0.25, 0.3) is 0 Å². The van der Waals surface area contributed by atoms with Gasteiger partial charge in [-0.2, -0.15) is 0 Å². The van der Waals surface area contributed by atoms with E-state index in [9.17, 15) is 4.79 Å². The maximum atomic E-state index is 12.6. The molecule has 2 N–H and O–H groups in total. The number of nitrogens with two attached hydrogens (primary N) is 1. The number of anilines is 1. The summed E-state index contributed by atoms with van der Waals surface area (Å²) in [5.74, 6) is 0.841. The van der Waals surface area contributed by atoms with Gasteiger partial charge < -0.3 is 10.6 Å². The maximum Gasteiger partial charge on any atom is 0.232 e. The summed E-state index contributed by atoms with van der Waals surface area (Å²) in [4.78, 5) is 14.6. The van der Waals surface area contributed by atoms with Gasteiger partial charge in [0.25, 0.3) is 0 Å². The Kier molecular flexibility index (Phi) is 3.33. The summed E-state index contributed by atoms with van der Waals surface area (Å²) in [6, 6.07) is 7.62. The van der Waals surface area contributed by atoms with E-state index in [4.69, 9.17) is 5.73 Å². The van der Waals surface area contributed by atoms with Crippen molar-refractivity contribution in [3.8, 4) is 0 Å². The fraction of sp³-hybridized carbons (Fsp3) is 0.533. The van der Waals surface area contributed by atoms with Gasteiger partial charge in [0.15, 0.2) is 0 Å². The molecule has 1 aliphatic heterocycles. The molecule has 3 heteroatoms. The van der Waals surface area contributed by atoms with Crippen molar-refractivity contribution in [1.29, 1.82) is 0 Å². The van der Waals surface area contributed by atoms with E-state index in [-0.39, 0.29) is 5.91 Å². The summed E-state index contributed by atoms with van der Waals surface area (Å²) in [5, 5.41) is 0. The van der Waals surface area contributed by atoms with Crippen LogP contribution in [0.3, 0.4) is 0 Å². The number of hydrogen-bond donors (Lipinski definition) is 1. The van der Waals surface area contributed by atoms with Gasteiger partial charge in [0.2, 0.25) is 5.91 Å². The zero-order valence-corrected chi connectivity index (χ0v) is 11.4. The lowest BCUT2D eigenvalue weighted by atomic mass is 9.83. The molecule has 1 aromatic rings. The lowest BCUT2D eigenvalue weighted by molar-refractivity contribution is -0.135. The van der Waals surface area contributed by atoms with Gasteiger partial charge in [-0.1, -0.05) is 19.1 Å². The molecule has 18 heavy (non-hydrogen) atoms. The first kappa shape index (κ1) is 12.9. The van der Waals surface area contributed by atoms with E-state index < -0.39 is 5.41 Å². The lowest BCUT2D eigenvalue weighted by Gasteiger charge is -2.29. The van der Waals surface area contributed by atoms with E-state index in [2.05, 4.69) is 6.92 Å². The topological polar surface area (TPSA) is 46.3 Å². The van der Waals surface area contributed by atoms with Gasteiger partial charge in [0.05, 0.1) is 5.41 Å². The second-order valence-corrected chi connectivity index (χ2v) is 5.89. The van der Waals surface area contributed by atoms with Gasteiger partial charge in [-0.25, -0.2) is 0 Å². The second-order valence-electron chi connectivity index (χ2n) is 5.89. The van der Waals surface area contributed by atoms with Crippen LogP contribution < -0.4 is 5.73 Å². The third-order valence-electron chi connectivity index (χ3n) is 3.88. The largest absolute Gasteiger partial charge is 0.399 e. The van der Waals surface area contributed by atoms with Crippen LogP contribution in [0, 0.1) is 5.92 Å². The van der Waals surface area contributed by atoms with Gasteiger partial charge >= 0.3 is 0 Å². The zero-order valence-electron chi connectivity index (χ0n) is 11.4. The molecule has 3 nitrogen and oxygen atoms in total. The Morgan fingerprint density at radius 2 is 1.94 bits per heavy atom. The van der Waals surface area contributed by atoms with Crippen LogP contribution in [0.1, 0.15) is 32.8 Å². The van der Waals surface area contributed by atoms with E-state index in [1.807, 2.05) is 43.0 Å². The van der Waals surface area contributed by atoms with Crippen molar-refractivity contribution in [1.82, 2.24) is 4.90 Å². The molecular formula is C15H22N2O. The first-order valence-corrected chi connectivity index (χ1v) is 6.56. The highest BCUT2D eigenvalue weighted by Crippen LogP contribution is 2.29. The molecule has 0 aliphatic carbocycles. The van der Waals surface area contributed by atoms with Gasteiger partial charge in [0, 0.05) is 18.8 Å². The van der Waals surface area contributed by atoms with Gasteiger partial charge in [-0.3, -0.25) is 4.79 Å². The molecule has 0 radical (unpaired) electrons. The van der Waals surface area contributed by atoms with Crippen LogP contribution in [0.5, 0.6) is 0 Å². The van der Waals surface area contributed by atoms with E-state index >= 15 is 0 Å². The second kappa shape index (κ2) is 4.63. The number of nitrogen functional groups attached to an aromatic ring is 1. The van der Waals surface area contributed by atoms with Crippen LogP contribution in [-0.2, 0) is 10.2 Å². The summed E-state index contributed by atoms with van der Waals surface area (Å²) in [6.45, 7) is 7.95. The van der Waals surface area contributed by atoms with Crippen molar-refractivity contribution in [2.45, 2.75) is 32.6 Å². The molecule has 1 heterocycles. The number of carbonyl (C=O) groups excluding carboxylic acids is 1. The molecule has 0 aromatic heterocycles. The molecule has 0 saturated carbocycles. The molecule has 1 atom stereocenters. The summed E-state index contributed by atoms with van der Waals surface area (Å²) in [7, 11) is 0. The molecule has 1 amide bonds. The minimum atomic E-state index is -0.474. The van der Waals surface area contributed by atoms with Crippen molar-refractivity contribution in [3.63, 3.8) is 0 Å². The average molecular weight is 246 g/mol. The SMILES string of the molecule is CC1CCN(C(=O)C(C)(C)c2ccc(N)cc2)C1.